The predicted molar refractivity (Wildman–Crippen MR) is 53.9 cm³/mol. The summed E-state index contributed by atoms with van der Waals surface area (Å²) in [5.74, 6) is -0.198. The molecule has 0 saturated carbocycles. The highest BCUT2D eigenvalue weighted by Gasteiger charge is 2.22. The van der Waals surface area contributed by atoms with Crippen molar-refractivity contribution < 1.29 is 14.3 Å². The Balaban J connectivity index is 3.85. The van der Waals surface area contributed by atoms with Crippen LogP contribution in [0.1, 0.15) is 13.8 Å². The molecule has 14 heavy (non-hydrogen) atoms. The van der Waals surface area contributed by atoms with E-state index in [1.165, 1.54) is 0 Å². The van der Waals surface area contributed by atoms with E-state index in [0.29, 0.717) is 13.2 Å². The van der Waals surface area contributed by atoms with Gasteiger partial charge in [-0.2, -0.15) is 0 Å². The minimum atomic E-state index is -0.856. The first kappa shape index (κ1) is 13.4. The summed E-state index contributed by atoms with van der Waals surface area (Å²) in [5.41, 5.74) is 4.74. The average Bonchev–Trinajstić information content (AvgIpc) is 2.10. The molecule has 84 valence electrons. The van der Waals surface area contributed by atoms with Crippen LogP contribution in [0.25, 0.3) is 0 Å². The van der Waals surface area contributed by atoms with Crippen LogP contribution in [0.3, 0.4) is 0 Å². The van der Waals surface area contributed by atoms with Gasteiger partial charge >= 0.3 is 0 Å². The molecule has 0 saturated heterocycles. The summed E-state index contributed by atoms with van der Waals surface area (Å²) < 4.78 is 9.98. The summed E-state index contributed by atoms with van der Waals surface area (Å²) >= 11 is 0. The second-order valence-corrected chi connectivity index (χ2v) is 3.74. The van der Waals surface area contributed by atoms with Gasteiger partial charge < -0.3 is 20.5 Å². The number of nitrogens with one attached hydrogen (secondary N) is 1. The van der Waals surface area contributed by atoms with Crippen molar-refractivity contribution in [3.63, 3.8) is 0 Å². The fourth-order valence-corrected chi connectivity index (χ4v) is 0.831. The Morgan fingerprint density at radius 2 is 2.07 bits per heavy atom. The van der Waals surface area contributed by atoms with Gasteiger partial charge in [0.1, 0.15) is 0 Å². The van der Waals surface area contributed by atoms with Gasteiger partial charge in [-0.1, -0.05) is 0 Å². The monoisotopic (exact) mass is 204 g/mol. The van der Waals surface area contributed by atoms with Crippen molar-refractivity contribution in [1.82, 2.24) is 5.32 Å². The normalized spacial score (nSPS) is 13.8. The molecule has 0 aromatic rings. The predicted octanol–water partition coefficient (Wildman–Crippen LogP) is -0.499. The number of ether oxygens (including phenoxy) is 2. The minimum absolute atomic E-state index is 0.133. The molecule has 1 atom stereocenters. The van der Waals surface area contributed by atoms with E-state index in [2.05, 4.69) is 5.32 Å². The molecule has 3 N–H and O–H groups in total. The second kappa shape index (κ2) is 5.95. The van der Waals surface area contributed by atoms with Crippen LogP contribution in [0.5, 0.6) is 0 Å². The SMILES string of the molecule is COCC(CNC(=O)C(C)(C)N)OC. The number of hydrogen-bond donors (Lipinski definition) is 2. The molecule has 0 aromatic heterocycles. The quantitative estimate of drug-likeness (QED) is 0.612. The molecule has 0 aliphatic rings. The Kier molecular flexibility index (Phi) is 5.68. The van der Waals surface area contributed by atoms with Crippen LogP contribution in [-0.2, 0) is 14.3 Å². The molecule has 0 aliphatic carbocycles. The van der Waals surface area contributed by atoms with Crippen molar-refractivity contribution in [2.75, 3.05) is 27.4 Å². The topological polar surface area (TPSA) is 73.6 Å². The standard InChI is InChI=1S/C9H20N2O3/c1-9(2,10)8(12)11-5-7(14-4)6-13-3/h7H,5-6,10H2,1-4H3,(H,11,12). The molecular formula is C9H20N2O3. The summed E-state index contributed by atoms with van der Waals surface area (Å²) in [6.07, 6.45) is -0.133. The zero-order valence-electron chi connectivity index (χ0n) is 9.29. The van der Waals surface area contributed by atoms with Crippen LogP contribution >= 0.6 is 0 Å². The molecular weight excluding hydrogens is 184 g/mol. The first-order valence-corrected chi connectivity index (χ1v) is 4.50. The Morgan fingerprint density at radius 1 is 1.50 bits per heavy atom. The third-order valence-corrected chi connectivity index (χ3v) is 1.76. The lowest BCUT2D eigenvalue weighted by Gasteiger charge is -2.20. The van der Waals surface area contributed by atoms with Crippen molar-refractivity contribution in [2.45, 2.75) is 25.5 Å². The van der Waals surface area contributed by atoms with E-state index in [0.717, 1.165) is 0 Å². The van der Waals surface area contributed by atoms with Gasteiger partial charge in [-0.25, -0.2) is 0 Å². The van der Waals surface area contributed by atoms with Crippen LogP contribution in [0, 0.1) is 0 Å². The van der Waals surface area contributed by atoms with Gasteiger partial charge in [0.15, 0.2) is 0 Å². The lowest BCUT2D eigenvalue weighted by molar-refractivity contribution is -0.126. The maximum absolute atomic E-state index is 11.4. The zero-order valence-corrected chi connectivity index (χ0v) is 9.29. The first-order chi connectivity index (χ1) is 6.41. The summed E-state index contributed by atoms with van der Waals surface area (Å²) in [4.78, 5) is 11.4. The van der Waals surface area contributed by atoms with Crippen LogP contribution in [0.4, 0.5) is 0 Å². The Labute approximate surface area is 84.9 Å². The third-order valence-electron chi connectivity index (χ3n) is 1.76. The molecule has 0 rings (SSSR count). The Morgan fingerprint density at radius 3 is 2.43 bits per heavy atom. The smallest absolute Gasteiger partial charge is 0.239 e. The lowest BCUT2D eigenvalue weighted by atomic mass is 10.1. The van der Waals surface area contributed by atoms with E-state index in [1.807, 2.05) is 0 Å². The number of rotatable bonds is 6. The number of carbonyl (C=O) groups is 1. The third kappa shape index (κ3) is 5.16. The molecule has 0 bridgehead atoms. The molecule has 0 radical (unpaired) electrons. The molecule has 5 heteroatoms. The van der Waals surface area contributed by atoms with Crippen LogP contribution in [-0.4, -0.2) is 44.9 Å². The van der Waals surface area contributed by atoms with Gasteiger partial charge in [0.25, 0.3) is 0 Å². The first-order valence-electron chi connectivity index (χ1n) is 4.50. The lowest BCUT2D eigenvalue weighted by Crippen LogP contribution is -2.51. The van der Waals surface area contributed by atoms with E-state index >= 15 is 0 Å². The average molecular weight is 204 g/mol. The second-order valence-electron chi connectivity index (χ2n) is 3.74. The fraction of sp³-hybridized carbons (Fsp3) is 0.889. The van der Waals surface area contributed by atoms with Crippen molar-refractivity contribution in [3.8, 4) is 0 Å². The molecule has 5 nitrogen and oxygen atoms in total. The van der Waals surface area contributed by atoms with E-state index in [4.69, 9.17) is 15.2 Å². The molecule has 0 heterocycles. The number of carbonyl (C=O) groups excluding carboxylic acids is 1. The number of amides is 1. The van der Waals surface area contributed by atoms with Crippen molar-refractivity contribution in [3.05, 3.63) is 0 Å². The molecule has 0 fully saturated rings. The highest BCUT2D eigenvalue weighted by Crippen LogP contribution is 1.96. The van der Waals surface area contributed by atoms with E-state index in [-0.39, 0.29) is 12.0 Å². The maximum atomic E-state index is 11.4. The Bertz CT molecular complexity index is 177. The van der Waals surface area contributed by atoms with Gasteiger partial charge in [-0.15, -0.1) is 0 Å². The Hall–Kier alpha value is -0.650. The zero-order chi connectivity index (χ0) is 11.2. The molecule has 0 aromatic carbocycles. The minimum Gasteiger partial charge on any atom is -0.382 e. The van der Waals surface area contributed by atoms with Crippen molar-refractivity contribution >= 4 is 5.91 Å². The summed E-state index contributed by atoms with van der Waals surface area (Å²) in [6, 6.07) is 0. The number of methoxy groups -OCH3 is 2. The summed E-state index contributed by atoms with van der Waals surface area (Å²) in [5, 5.41) is 2.69. The van der Waals surface area contributed by atoms with Crippen molar-refractivity contribution in [2.24, 2.45) is 5.73 Å². The van der Waals surface area contributed by atoms with Gasteiger partial charge in [0.2, 0.25) is 5.91 Å². The number of nitrogens with two attached hydrogens (primary N) is 1. The highest BCUT2D eigenvalue weighted by atomic mass is 16.5. The van der Waals surface area contributed by atoms with E-state index in [1.54, 1.807) is 28.1 Å². The molecule has 0 aliphatic heterocycles. The highest BCUT2D eigenvalue weighted by molar-refractivity contribution is 5.85. The van der Waals surface area contributed by atoms with Gasteiger partial charge in [0, 0.05) is 20.8 Å². The largest absolute Gasteiger partial charge is 0.382 e. The van der Waals surface area contributed by atoms with Crippen molar-refractivity contribution in [1.29, 1.82) is 0 Å². The summed E-state index contributed by atoms with van der Waals surface area (Å²) in [6.45, 7) is 4.16. The van der Waals surface area contributed by atoms with E-state index < -0.39 is 5.54 Å². The van der Waals surface area contributed by atoms with Gasteiger partial charge in [0.05, 0.1) is 18.2 Å². The van der Waals surface area contributed by atoms with E-state index in [9.17, 15) is 4.79 Å². The van der Waals surface area contributed by atoms with Crippen LogP contribution in [0.15, 0.2) is 0 Å². The summed E-state index contributed by atoms with van der Waals surface area (Å²) in [7, 11) is 3.16. The molecule has 1 amide bonds. The number of hydrogen-bond acceptors (Lipinski definition) is 4. The van der Waals surface area contributed by atoms with Crippen LogP contribution < -0.4 is 11.1 Å². The fourth-order valence-electron chi connectivity index (χ4n) is 0.831. The van der Waals surface area contributed by atoms with Crippen LogP contribution in [0.2, 0.25) is 0 Å². The molecule has 1 unspecified atom stereocenters. The van der Waals surface area contributed by atoms with Gasteiger partial charge in [-0.05, 0) is 13.8 Å². The maximum Gasteiger partial charge on any atom is 0.239 e. The van der Waals surface area contributed by atoms with Gasteiger partial charge in [-0.3, -0.25) is 4.79 Å². The molecule has 0 spiro atoms.